The fourth-order valence-corrected chi connectivity index (χ4v) is 3.12. The van der Waals surface area contributed by atoms with Crippen molar-refractivity contribution in [3.63, 3.8) is 0 Å². The molecule has 3 heterocycles. The van der Waals surface area contributed by atoms with Crippen molar-refractivity contribution in [1.29, 1.82) is 5.26 Å². The van der Waals surface area contributed by atoms with Gasteiger partial charge in [-0.1, -0.05) is 5.21 Å². The van der Waals surface area contributed by atoms with E-state index in [4.69, 9.17) is 10.00 Å². The molecule has 11 nitrogen and oxygen atoms in total. The molecule has 0 aliphatic heterocycles. The van der Waals surface area contributed by atoms with Crippen molar-refractivity contribution in [2.75, 3.05) is 10.6 Å². The van der Waals surface area contributed by atoms with Crippen LogP contribution in [0.4, 0.5) is 25.1 Å². The highest BCUT2D eigenvalue weighted by Gasteiger charge is 2.50. The number of rotatable bonds is 6. The predicted molar refractivity (Wildman–Crippen MR) is 113 cm³/mol. The van der Waals surface area contributed by atoms with E-state index in [2.05, 4.69) is 30.9 Å². The molecule has 2 N–H and O–H groups in total. The molecule has 1 fully saturated rings. The quantitative estimate of drug-likeness (QED) is 0.525. The number of aromatic nitrogens is 5. The molecule has 13 heteroatoms. The Hall–Kier alpha value is -4.47. The van der Waals surface area contributed by atoms with E-state index in [0.717, 1.165) is 12.3 Å². The van der Waals surface area contributed by atoms with Crippen molar-refractivity contribution in [1.82, 2.24) is 25.0 Å². The maximum Gasteiger partial charge on any atom is 0.413 e. The van der Waals surface area contributed by atoms with E-state index < -0.39 is 29.4 Å². The molecular formula is C21H18F2N8O3. The lowest BCUT2D eigenvalue weighted by Crippen LogP contribution is -2.22. The van der Waals surface area contributed by atoms with Crippen molar-refractivity contribution in [2.45, 2.75) is 25.9 Å². The molecule has 3 aromatic rings. The van der Waals surface area contributed by atoms with Gasteiger partial charge in [0.25, 0.3) is 0 Å². The summed E-state index contributed by atoms with van der Waals surface area (Å²) in [5.74, 6) is -1.96. The largest absolute Gasteiger partial charge is 0.441 e. The van der Waals surface area contributed by atoms with Crippen LogP contribution >= 0.6 is 0 Å². The van der Waals surface area contributed by atoms with Crippen LogP contribution in [-0.2, 0) is 16.6 Å². The highest BCUT2D eigenvalue weighted by Crippen LogP contribution is 2.45. The Morgan fingerprint density at radius 1 is 1.24 bits per heavy atom. The van der Waals surface area contributed by atoms with Gasteiger partial charge >= 0.3 is 6.09 Å². The van der Waals surface area contributed by atoms with Crippen LogP contribution < -0.4 is 10.6 Å². The SMILES string of the molecule is C[C@@H](OC(=O)Nc1c(-c2ccc(NC(=O)C3(C#N)CC3)cn2)nnn1C)c1cc(F)cnc1F. The van der Waals surface area contributed by atoms with Gasteiger partial charge in [0.15, 0.2) is 11.5 Å². The molecule has 174 valence electrons. The van der Waals surface area contributed by atoms with E-state index in [1.54, 1.807) is 12.1 Å². The average molecular weight is 468 g/mol. The topological polar surface area (TPSA) is 148 Å². The van der Waals surface area contributed by atoms with Gasteiger partial charge < -0.3 is 10.1 Å². The van der Waals surface area contributed by atoms with Gasteiger partial charge in [-0.25, -0.2) is 18.9 Å². The predicted octanol–water partition coefficient (Wildman–Crippen LogP) is 3.10. The Balaban J connectivity index is 1.46. The molecule has 2 amide bonds. The Morgan fingerprint density at radius 2 is 2.00 bits per heavy atom. The van der Waals surface area contributed by atoms with Crippen LogP contribution in [0.15, 0.2) is 30.6 Å². The van der Waals surface area contributed by atoms with Crippen LogP contribution in [0.5, 0.6) is 0 Å². The molecule has 1 aliphatic rings. The number of nitriles is 1. The summed E-state index contributed by atoms with van der Waals surface area (Å²) >= 11 is 0. The summed E-state index contributed by atoms with van der Waals surface area (Å²) < 4.78 is 33.6. The van der Waals surface area contributed by atoms with Crippen molar-refractivity contribution >= 4 is 23.5 Å². The number of anilines is 2. The zero-order chi connectivity index (χ0) is 24.5. The van der Waals surface area contributed by atoms with Gasteiger partial charge in [-0.3, -0.25) is 15.1 Å². The summed E-state index contributed by atoms with van der Waals surface area (Å²) in [6, 6.07) is 6.04. The molecular weight excluding hydrogens is 450 g/mol. The molecule has 1 aliphatic carbocycles. The number of carbonyl (C=O) groups excluding carboxylic acids is 2. The normalized spacial score (nSPS) is 14.6. The van der Waals surface area contributed by atoms with Crippen LogP contribution in [0.25, 0.3) is 11.4 Å². The number of nitrogens with one attached hydrogen (secondary N) is 2. The maximum absolute atomic E-state index is 13.8. The third-order valence-corrected chi connectivity index (χ3v) is 5.26. The van der Waals surface area contributed by atoms with E-state index in [-0.39, 0.29) is 23.0 Å². The molecule has 0 unspecified atom stereocenters. The Bertz CT molecular complexity index is 1300. The molecule has 1 saturated carbocycles. The lowest BCUT2D eigenvalue weighted by Gasteiger charge is -2.15. The Labute approximate surface area is 191 Å². The van der Waals surface area contributed by atoms with Gasteiger partial charge in [-0.15, -0.1) is 5.10 Å². The number of ether oxygens (including phenoxy) is 1. The molecule has 0 bridgehead atoms. The van der Waals surface area contributed by atoms with E-state index in [9.17, 15) is 18.4 Å². The first-order valence-electron chi connectivity index (χ1n) is 10.1. The molecule has 0 radical (unpaired) electrons. The molecule has 0 aromatic carbocycles. The number of amides is 2. The van der Waals surface area contributed by atoms with Crippen LogP contribution in [-0.4, -0.2) is 37.0 Å². The second kappa shape index (κ2) is 8.81. The second-order valence-corrected chi connectivity index (χ2v) is 7.70. The van der Waals surface area contributed by atoms with E-state index >= 15 is 0 Å². The Kier molecular flexibility index (Phi) is 5.89. The first kappa shape index (κ1) is 22.7. The number of pyridine rings is 2. The minimum absolute atomic E-state index is 0.140. The molecule has 1 atom stereocenters. The summed E-state index contributed by atoms with van der Waals surface area (Å²) in [6.07, 6.45) is 1.06. The first-order valence-corrected chi connectivity index (χ1v) is 10.1. The van der Waals surface area contributed by atoms with Crippen LogP contribution in [0.2, 0.25) is 0 Å². The number of nitrogens with zero attached hydrogens (tertiary/aromatic N) is 6. The average Bonchev–Trinajstić information content (AvgIpc) is 3.54. The van der Waals surface area contributed by atoms with Gasteiger partial charge in [0.2, 0.25) is 11.9 Å². The third-order valence-electron chi connectivity index (χ3n) is 5.26. The molecule has 0 saturated heterocycles. The number of carbonyl (C=O) groups is 2. The monoisotopic (exact) mass is 468 g/mol. The van der Waals surface area contributed by atoms with Crippen LogP contribution in [0.3, 0.4) is 0 Å². The first-order chi connectivity index (χ1) is 16.2. The lowest BCUT2D eigenvalue weighted by atomic mass is 10.1. The summed E-state index contributed by atoms with van der Waals surface area (Å²) in [7, 11) is 1.53. The highest BCUT2D eigenvalue weighted by atomic mass is 19.1. The molecule has 0 spiro atoms. The minimum atomic E-state index is -1.13. The second-order valence-electron chi connectivity index (χ2n) is 7.70. The number of hydrogen-bond acceptors (Lipinski definition) is 8. The Morgan fingerprint density at radius 3 is 2.65 bits per heavy atom. The van der Waals surface area contributed by atoms with Crippen molar-refractivity contribution in [3.8, 4) is 17.5 Å². The zero-order valence-electron chi connectivity index (χ0n) is 18.0. The van der Waals surface area contributed by atoms with Crippen molar-refractivity contribution in [3.05, 3.63) is 47.9 Å². The van der Waals surface area contributed by atoms with Gasteiger partial charge in [0, 0.05) is 7.05 Å². The minimum Gasteiger partial charge on any atom is -0.441 e. The smallest absolute Gasteiger partial charge is 0.413 e. The van der Waals surface area contributed by atoms with Gasteiger partial charge in [-0.2, -0.15) is 9.65 Å². The van der Waals surface area contributed by atoms with E-state index in [1.807, 2.05) is 6.07 Å². The third kappa shape index (κ3) is 4.51. The van der Waals surface area contributed by atoms with E-state index in [1.165, 1.54) is 24.9 Å². The maximum atomic E-state index is 13.8. The lowest BCUT2D eigenvalue weighted by molar-refractivity contribution is -0.119. The van der Waals surface area contributed by atoms with Gasteiger partial charge in [-0.05, 0) is 38.0 Å². The number of aryl methyl sites for hydroxylation is 1. The molecule has 4 rings (SSSR count). The van der Waals surface area contributed by atoms with Crippen molar-refractivity contribution in [2.24, 2.45) is 12.5 Å². The summed E-state index contributed by atoms with van der Waals surface area (Å²) in [5.41, 5.74) is -0.256. The summed E-state index contributed by atoms with van der Waals surface area (Å²) in [5, 5.41) is 22.1. The van der Waals surface area contributed by atoms with Gasteiger partial charge in [0.05, 0.1) is 35.4 Å². The zero-order valence-corrected chi connectivity index (χ0v) is 18.0. The molecule has 34 heavy (non-hydrogen) atoms. The summed E-state index contributed by atoms with van der Waals surface area (Å²) in [6.45, 7) is 1.37. The van der Waals surface area contributed by atoms with E-state index in [0.29, 0.717) is 24.2 Å². The van der Waals surface area contributed by atoms with Gasteiger partial charge in [0.1, 0.15) is 17.3 Å². The highest BCUT2D eigenvalue weighted by molar-refractivity contribution is 5.99. The fourth-order valence-electron chi connectivity index (χ4n) is 3.12. The summed E-state index contributed by atoms with van der Waals surface area (Å²) in [4.78, 5) is 32.1. The van der Waals surface area contributed by atoms with Crippen LogP contribution in [0, 0.1) is 28.5 Å². The molecule has 3 aromatic heterocycles. The number of hydrogen-bond donors (Lipinski definition) is 2. The fraction of sp³-hybridized carbons (Fsp3) is 0.286. The van der Waals surface area contributed by atoms with Crippen LogP contribution in [0.1, 0.15) is 31.4 Å². The standard InChI is InChI=1S/C21H18F2N8O3/c1-11(14-7-12(22)8-26-17(14)23)34-20(33)28-18-16(29-30-31(18)2)15-4-3-13(9-25-15)27-19(32)21(10-24)5-6-21/h3-4,7-9,11H,5-6H2,1-2H3,(H,27,32)(H,28,33)/t11-/m1/s1. The van der Waals surface area contributed by atoms with Crippen molar-refractivity contribution < 1.29 is 23.1 Å². The number of halogens is 2.